The molecule has 1 aliphatic rings. The molecule has 1 fully saturated rings. The number of thioether (sulfide) groups is 1. The highest BCUT2D eigenvalue weighted by Crippen LogP contribution is 2.40. The van der Waals surface area contributed by atoms with Crippen molar-refractivity contribution in [3.8, 4) is 11.1 Å². The van der Waals surface area contributed by atoms with Crippen LogP contribution < -0.4 is 5.32 Å². The Labute approximate surface area is 178 Å². The maximum absolute atomic E-state index is 12.9. The number of esters is 1. The minimum Gasteiger partial charge on any atom is -0.465 e. The molecule has 1 aromatic heterocycles. The van der Waals surface area contributed by atoms with Crippen LogP contribution in [0.2, 0.25) is 0 Å². The van der Waals surface area contributed by atoms with Crippen molar-refractivity contribution in [2.75, 3.05) is 18.2 Å². The molecule has 6 nitrogen and oxygen atoms in total. The van der Waals surface area contributed by atoms with Gasteiger partial charge < -0.3 is 15.0 Å². The Balaban J connectivity index is 1.95. The zero-order chi connectivity index (χ0) is 21.3. The van der Waals surface area contributed by atoms with Gasteiger partial charge in [-0.05, 0) is 44.4 Å². The predicted octanol–water partition coefficient (Wildman–Crippen LogP) is 4.07. The minimum atomic E-state index is -0.592. The topological polar surface area (TPSA) is 75.7 Å². The number of nitrogens with zero attached hydrogens (tertiary/aromatic N) is 1. The third-order valence-corrected chi connectivity index (χ3v) is 7.50. The van der Waals surface area contributed by atoms with Crippen molar-refractivity contribution in [2.45, 2.75) is 38.6 Å². The van der Waals surface area contributed by atoms with Gasteiger partial charge in [-0.3, -0.25) is 9.59 Å². The van der Waals surface area contributed by atoms with Crippen molar-refractivity contribution in [1.29, 1.82) is 0 Å². The molecule has 1 saturated heterocycles. The Kier molecular flexibility index (Phi) is 6.05. The van der Waals surface area contributed by atoms with Gasteiger partial charge in [0.25, 0.3) is 0 Å². The van der Waals surface area contributed by atoms with E-state index < -0.39 is 16.9 Å². The van der Waals surface area contributed by atoms with Gasteiger partial charge in [0.1, 0.15) is 16.6 Å². The number of carbonyl (C=O) groups excluding carboxylic acids is 3. The van der Waals surface area contributed by atoms with Gasteiger partial charge in [-0.2, -0.15) is 0 Å². The normalized spacial score (nSPS) is 17.8. The van der Waals surface area contributed by atoms with Crippen molar-refractivity contribution in [3.05, 3.63) is 40.3 Å². The van der Waals surface area contributed by atoms with Crippen molar-refractivity contribution in [3.63, 3.8) is 0 Å². The van der Waals surface area contributed by atoms with E-state index in [1.807, 2.05) is 51.3 Å². The standard InChI is InChI=1S/C21H24N2O4S2/c1-12-6-7-14(8-13(12)2)15-9-28-19(17(15)20(26)27-5)22-18(25)16-10-29-21(3,4)23(16)11-24/h6-9,11,16H,10H2,1-5H3,(H,22,25). The van der Waals surface area contributed by atoms with Gasteiger partial charge in [0, 0.05) is 16.7 Å². The molecule has 0 spiro atoms. The number of benzene rings is 1. The van der Waals surface area contributed by atoms with E-state index in [1.165, 1.54) is 23.3 Å². The molecule has 1 aliphatic heterocycles. The molecule has 1 atom stereocenters. The van der Waals surface area contributed by atoms with Crippen molar-refractivity contribution in [1.82, 2.24) is 4.90 Å². The van der Waals surface area contributed by atoms with Crippen LogP contribution in [0.5, 0.6) is 0 Å². The lowest BCUT2D eigenvalue weighted by Crippen LogP contribution is -2.47. The number of carbonyl (C=O) groups is 3. The Bertz CT molecular complexity index is 968. The van der Waals surface area contributed by atoms with Crippen LogP contribution in [-0.4, -0.2) is 47.0 Å². The van der Waals surface area contributed by atoms with Crippen LogP contribution in [-0.2, 0) is 14.3 Å². The average Bonchev–Trinajstić information content (AvgIpc) is 3.23. The number of aryl methyl sites for hydroxylation is 2. The molecule has 3 rings (SSSR count). The second kappa shape index (κ2) is 8.20. The summed E-state index contributed by atoms with van der Waals surface area (Å²) >= 11 is 2.82. The van der Waals surface area contributed by atoms with Crippen LogP contribution in [0, 0.1) is 13.8 Å². The molecule has 29 heavy (non-hydrogen) atoms. The molecule has 0 saturated carbocycles. The van der Waals surface area contributed by atoms with Crippen molar-refractivity contribution >= 4 is 46.4 Å². The summed E-state index contributed by atoms with van der Waals surface area (Å²) in [4.78, 5) is 38.0. The summed E-state index contributed by atoms with van der Waals surface area (Å²) in [6.45, 7) is 7.85. The third-order valence-electron chi connectivity index (χ3n) is 5.20. The summed E-state index contributed by atoms with van der Waals surface area (Å²) < 4.78 is 4.98. The quantitative estimate of drug-likeness (QED) is 0.569. The smallest absolute Gasteiger partial charge is 0.341 e. The molecule has 0 aliphatic carbocycles. The maximum Gasteiger partial charge on any atom is 0.341 e. The molecular weight excluding hydrogens is 408 g/mol. The van der Waals surface area contributed by atoms with E-state index in [1.54, 1.807) is 11.8 Å². The minimum absolute atomic E-state index is 0.311. The molecule has 1 unspecified atom stereocenters. The summed E-state index contributed by atoms with van der Waals surface area (Å²) in [7, 11) is 1.32. The first-order chi connectivity index (χ1) is 13.7. The van der Waals surface area contributed by atoms with E-state index in [9.17, 15) is 14.4 Å². The number of ether oxygens (including phenoxy) is 1. The predicted molar refractivity (Wildman–Crippen MR) is 117 cm³/mol. The lowest BCUT2D eigenvalue weighted by molar-refractivity contribution is -0.130. The van der Waals surface area contributed by atoms with E-state index >= 15 is 0 Å². The summed E-state index contributed by atoms with van der Waals surface area (Å²) in [5, 5.41) is 5.12. The van der Waals surface area contributed by atoms with Gasteiger partial charge >= 0.3 is 5.97 Å². The summed E-state index contributed by atoms with van der Waals surface area (Å²) in [5.41, 5.74) is 4.21. The Morgan fingerprint density at radius 3 is 2.62 bits per heavy atom. The Morgan fingerprint density at radius 2 is 2.00 bits per heavy atom. The Hall–Kier alpha value is -2.32. The molecule has 0 radical (unpaired) electrons. The van der Waals surface area contributed by atoms with Crippen LogP contribution in [0.4, 0.5) is 5.00 Å². The Morgan fingerprint density at radius 1 is 1.28 bits per heavy atom. The fraction of sp³-hybridized carbons (Fsp3) is 0.381. The fourth-order valence-electron chi connectivity index (χ4n) is 3.29. The number of methoxy groups -OCH3 is 1. The van der Waals surface area contributed by atoms with Crippen LogP contribution in [0.1, 0.15) is 35.3 Å². The molecule has 8 heteroatoms. The highest BCUT2D eigenvalue weighted by Gasteiger charge is 2.43. The van der Waals surface area contributed by atoms with E-state index in [4.69, 9.17) is 4.74 Å². The summed E-state index contributed by atoms with van der Waals surface area (Å²) in [5.74, 6) is -0.322. The number of hydrogen-bond donors (Lipinski definition) is 1. The molecule has 1 aromatic carbocycles. The number of rotatable bonds is 5. The number of anilines is 1. The van der Waals surface area contributed by atoms with Crippen LogP contribution in [0.25, 0.3) is 11.1 Å². The van der Waals surface area contributed by atoms with Gasteiger partial charge in [-0.1, -0.05) is 18.2 Å². The molecule has 154 valence electrons. The van der Waals surface area contributed by atoms with Gasteiger partial charge in [0.15, 0.2) is 0 Å². The number of nitrogens with one attached hydrogen (secondary N) is 1. The molecule has 2 aromatic rings. The average molecular weight is 433 g/mol. The summed E-state index contributed by atoms with van der Waals surface area (Å²) in [6, 6.07) is 5.37. The lowest BCUT2D eigenvalue weighted by atomic mass is 9.99. The fourth-order valence-corrected chi connectivity index (χ4v) is 5.44. The number of amides is 2. The largest absolute Gasteiger partial charge is 0.465 e. The first-order valence-corrected chi connectivity index (χ1v) is 11.0. The number of hydrogen-bond acceptors (Lipinski definition) is 6. The first-order valence-electron chi connectivity index (χ1n) is 9.15. The molecular formula is C21H24N2O4S2. The monoisotopic (exact) mass is 432 g/mol. The van der Waals surface area contributed by atoms with E-state index in [0.29, 0.717) is 28.3 Å². The van der Waals surface area contributed by atoms with Crippen LogP contribution in [0.15, 0.2) is 23.6 Å². The van der Waals surface area contributed by atoms with Crippen LogP contribution in [0.3, 0.4) is 0 Å². The second-order valence-corrected chi connectivity index (χ2v) is 9.92. The number of thiophene rings is 1. The molecule has 1 N–H and O–H groups in total. The summed E-state index contributed by atoms with van der Waals surface area (Å²) in [6.07, 6.45) is 0.709. The zero-order valence-electron chi connectivity index (χ0n) is 17.1. The van der Waals surface area contributed by atoms with Gasteiger partial charge in [-0.25, -0.2) is 4.79 Å². The van der Waals surface area contributed by atoms with E-state index in [2.05, 4.69) is 5.32 Å². The third kappa shape index (κ3) is 4.04. The second-order valence-electron chi connectivity index (χ2n) is 7.42. The molecule has 0 bridgehead atoms. The highest BCUT2D eigenvalue weighted by molar-refractivity contribution is 8.00. The van der Waals surface area contributed by atoms with Gasteiger partial charge in [0.2, 0.25) is 12.3 Å². The van der Waals surface area contributed by atoms with Crippen molar-refractivity contribution in [2.24, 2.45) is 0 Å². The van der Waals surface area contributed by atoms with Gasteiger partial charge in [-0.15, -0.1) is 23.1 Å². The SMILES string of the molecule is COC(=O)c1c(-c2ccc(C)c(C)c2)csc1NC(=O)C1CSC(C)(C)N1C=O. The lowest BCUT2D eigenvalue weighted by Gasteiger charge is -2.30. The van der Waals surface area contributed by atoms with Crippen molar-refractivity contribution < 1.29 is 19.1 Å². The van der Waals surface area contributed by atoms with Gasteiger partial charge in [0.05, 0.1) is 12.0 Å². The van der Waals surface area contributed by atoms with Crippen LogP contribution >= 0.6 is 23.1 Å². The highest BCUT2D eigenvalue weighted by atomic mass is 32.2. The molecule has 2 amide bonds. The molecule has 2 heterocycles. The zero-order valence-corrected chi connectivity index (χ0v) is 18.7. The first kappa shape index (κ1) is 21.4. The van der Waals surface area contributed by atoms with E-state index in [-0.39, 0.29) is 5.91 Å². The van der Waals surface area contributed by atoms with E-state index in [0.717, 1.165) is 16.7 Å². The maximum atomic E-state index is 12.9.